The van der Waals surface area contributed by atoms with E-state index in [0.717, 1.165) is 10.4 Å². The second-order valence-corrected chi connectivity index (χ2v) is 11.2. The van der Waals surface area contributed by atoms with Crippen molar-refractivity contribution in [1.82, 2.24) is 0 Å². The maximum Gasteiger partial charge on any atom is 0.303 e. The van der Waals surface area contributed by atoms with Crippen molar-refractivity contribution >= 4 is 7.29 Å². The molecule has 3 unspecified atom stereocenters. The zero-order valence-corrected chi connectivity index (χ0v) is 16.1. The lowest BCUT2D eigenvalue weighted by molar-refractivity contribution is -0.762. The number of rotatable bonds is 12. The lowest BCUT2D eigenvalue weighted by Gasteiger charge is -2.23. The van der Waals surface area contributed by atoms with Crippen LogP contribution >= 0.6 is 7.29 Å². The van der Waals surface area contributed by atoms with Crippen LogP contribution in [0, 0.1) is 0 Å². The first-order chi connectivity index (χ1) is 10.7. The average Bonchev–Trinajstić information content (AvgIpc) is 3.09. The fourth-order valence-corrected chi connectivity index (χ4v) is 9.19. The van der Waals surface area contributed by atoms with Crippen molar-refractivity contribution in [2.45, 2.75) is 103 Å². The Morgan fingerprint density at radius 3 is 2.05 bits per heavy atom. The number of piperidine rings is 1. The van der Waals surface area contributed by atoms with Crippen molar-refractivity contribution in [2.24, 2.45) is 0 Å². The van der Waals surface area contributed by atoms with Crippen LogP contribution in [0.4, 0.5) is 0 Å². The fourth-order valence-electron chi connectivity index (χ4n) is 4.83. The molecule has 2 heterocycles. The molecule has 2 nitrogen and oxygen atoms in total. The fraction of sp³-hybridized carbons (Fsp3) is 1.00. The number of quaternary nitrogens is 1. The van der Waals surface area contributed by atoms with Gasteiger partial charge in [0.2, 0.25) is 0 Å². The van der Waals surface area contributed by atoms with Crippen LogP contribution in [0.3, 0.4) is 0 Å². The van der Waals surface area contributed by atoms with Gasteiger partial charge in [-0.25, -0.2) is 0 Å². The molecule has 130 valence electrons. The minimum atomic E-state index is -1.83. The molecule has 0 aliphatic carbocycles. The highest BCUT2D eigenvalue weighted by Gasteiger charge is 2.75. The number of hydrogen-bond acceptors (Lipinski definition) is 1. The topological polar surface area (TPSA) is 17.1 Å². The molecule has 0 N–H and O–H groups in total. The summed E-state index contributed by atoms with van der Waals surface area (Å²) in [4.78, 5) is 0. The Bertz CT molecular complexity index is 370. The van der Waals surface area contributed by atoms with Crippen LogP contribution in [0.2, 0.25) is 0 Å². The van der Waals surface area contributed by atoms with Crippen molar-refractivity contribution < 1.29 is 8.82 Å². The molecule has 2 rings (SSSR count). The number of nitrogens with zero attached hydrogens (tertiary/aromatic N) is 1. The molecular weight excluding hydrogens is 289 g/mol. The van der Waals surface area contributed by atoms with Crippen molar-refractivity contribution in [3.05, 3.63) is 0 Å². The minimum absolute atomic E-state index is 0.588. The Morgan fingerprint density at radius 1 is 0.864 bits per heavy atom. The van der Waals surface area contributed by atoms with E-state index in [4.69, 9.17) is 0 Å². The van der Waals surface area contributed by atoms with Gasteiger partial charge in [-0.2, -0.15) is 0 Å². The summed E-state index contributed by atoms with van der Waals surface area (Å²) in [7, 11) is -1.83. The van der Waals surface area contributed by atoms with Gasteiger partial charge in [-0.15, -0.1) is 0 Å². The van der Waals surface area contributed by atoms with Gasteiger partial charge in [-0.05, 0) is 25.7 Å². The predicted molar refractivity (Wildman–Crippen MR) is 97.6 cm³/mol. The molecular formula is C19H39NOP+. The number of hydrogen-bond donors (Lipinski definition) is 0. The molecule has 0 aromatic heterocycles. The summed E-state index contributed by atoms with van der Waals surface area (Å²) in [5.74, 6) is 0.588. The van der Waals surface area contributed by atoms with E-state index in [9.17, 15) is 4.57 Å². The van der Waals surface area contributed by atoms with Gasteiger partial charge in [0.1, 0.15) is 0 Å². The lowest BCUT2D eigenvalue weighted by Crippen LogP contribution is -2.33. The molecule has 0 amide bonds. The highest BCUT2D eigenvalue weighted by Crippen LogP contribution is 2.81. The Labute approximate surface area is 139 Å². The van der Waals surface area contributed by atoms with Gasteiger partial charge in [0.15, 0.2) is 5.78 Å². The summed E-state index contributed by atoms with van der Waals surface area (Å²) in [6.45, 7) is 6.91. The van der Waals surface area contributed by atoms with E-state index in [2.05, 4.69) is 13.8 Å². The summed E-state index contributed by atoms with van der Waals surface area (Å²) < 4.78 is 14.1. The molecule has 3 atom stereocenters. The SMILES string of the molecule is CCCCCCCCCCCC[N+]12CCCCC1P2(=O)CC. The molecule has 0 saturated carbocycles. The Morgan fingerprint density at radius 2 is 1.45 bits per heavy atom. The summed E-state index contributed by atoms with van der Waals surface area (Å²) in [5.41, 5.74) is 0. The zero-order chi connectivity index (χ0) is 15.9. The van der Waals surface area contributed by atoms with Gasteiger partial charge in [-0.1, -0.05) is 65.2 Å². The van der Waals surface area contributed by atoms with Gasteiger partial charge < -0.3 is 0 Å². The van der Waals surface area contributed by atoms with E-state index >= 15 is 0 Å². The van der Waals surface area contributed by atoms with Gasteiger partial charge >= 0.3 is 7.29 Å². The molecule has 3 heteroatoms. The molecule has 2 fully saturated rings. The Balaban J connectivity index is 1.53. The highest BCUT2D eigenvalue weighted by atomic mass is 31.2. The monoisotopic (exact) mass is 328 g/mol. The first-order valence-electron chi connectivity index (χ1n) is 10.2. The first kappa shape index (κ1) is 18.5. The summed E-state index contributed by atoms with van der Waals surface area (Å²) in [5, 5.41) is 0. The van der Waals surface area contributed by atoms with E-state index in [1.807, 2.05) is 0 Å². The summed E-state index contributed by atoms with van der Waals surface area (Å²) in [6, 6.07) is 0. The van der Waals surface area contributed by atoms with Crippen LogP contribution in [0.15, 0.2) is 0 Å². The normalized spacial score (nSPS) is 33.6. The van der Waals surface area contributed by atoms with Crippen LogP contribution in [0.25, 0.3) is 0 Å². The maximum absolute atomic E-state index is 13.0. The molecule has 0 radical (unpaired) electrons. The highest BCUT2D eigenvalue weighted by molar-refractivity contribution is 7.64. The second kappa shape index (κ2) is 8.88. The third kappa shape index (κ3) is 3.99. The van der Waals surface area contributed by atoms with Crippen molar-refractivity contribution in [3.8, 4) is 0 Å². The number of fused-ring (bicyclic) bond motifs is 1. The van der Waals surface area contributed by atoms with E-state index in [-0.39, 0.29) is 0 Å². The maximum atomic E-state index is 13.0. The van der Waals surface area contributed by atoms with E-state index in [1.165, 1.54) is 96.6 Å². The molecule has 2 saturated heterocycles. The van der Waals surface area contributed by atoms with Crippen molar-refractivity contribution in [2.75, 3.05) is 19.3 Å². The zero-order valence-electron chi connectivity index (χ0n) is 15.2. The third-order valence-corrected chi connectivity index (χ3v) is 10.6. The van der Waals surface area contributed by atoms with Crippen LogP contribution < -0.4 is 0 Å². The standard InChI is InChI=1S/C19H39NOP/c1-3-5-6-7-8-9-10-11-12-14-17-20-18-15-13-16-19(20)22(20,21)4-2/h19H,3-18H2,1-2H3/q+1. The van der Waals surface area contributed by atoms with Crippen LogP contribution in [0.5, 0.6) is 0 Å². The molecule has 22 heavy (non-hydrogen) atoms. The predicted octanol–water partition coefficient (Wildman–Crippen LogP) is 6.55. The van der Waals surface area contributed by atoms with Gasteiger partial charge in [0, 0.05) is 6.42 Å². The molecule has 0 spiro atoms. The Kier molecular flexibility index (Phi) is 7.48. The quantitative estimate of drug-likeness (QED) is 0.226. The smallest absolute Gasteiger partial charge is 0.266 e. The van der Waals surface area contributed by atoms with E-state index < -0.39 is 7.29 Å². The van der Waals surface area contributed by atoms with Gasteiger partial charge in [0.05, 0.1) is 19.3 Å². The molecule has 0 bridgehead atoms. The molecule has 0 aromatic carbocycles. The van der Waals surface area contributed by atoms with E-state index in [1.54, 1.807) is 0 Å². The first-order valence-corrected chi connectivity index (χ1v) is 12.1. The average molecular weight is 329 g/mol. The molecule has 2 aliphatic heterocycles. The lowest BCUT2D eigenvalue weighted by atomic mass is 10.1. The summed E-state index contributed by atoms with van der Waals surface area (Å²) in [6.07, 6.45) is 18.9. The third-order valence-electron chi connectivity index (χ3n) is 6.25. The van der Waals surface area contributed by atoms with Gasteiger partial charge in [0.25, 0.3) is 0 Å². The van der Waals surface area contributed by atoms with Gasteiger partial charge in [-0.3, -0.25) is 8.82 Å². The van der Waals surface area contributed by atoms with Crippen LogP contribution in [-0.2, 0) is 4.57 Å². The van der Waals surface area contributed by atoms with Crippen molar-refractivity contribution in [3.63, 3.8) is 0 Å². The largest absolute Gasteiger partial charge is 0.303 e. The van der Waals surface area contributed by atoms with Crippen LogP contribution in [-0.4, -0.2) is 29.3 Å². The minimum Gasteiger partial charge on any atom is -0.266 e. The second-order valence-electron chi connectivity index (χ2n) is 7.66. The van der Waals surface area contributed by atoms with Crippen LogP contribution in [0.1, 0.15) is 97.3 Å². The summed E-state index contributed by atoms with van der Waals surface area (Å²) >= 11 is 0. The molecule has 2 aliphatic rings. The van der Waals surface area contributed by atoms with E-state index in [0.29, 0.717) is 5.78 Å². The van der Waals surface area contributed by atoms with Crippen molar-refractivity contribution in [1.29, 1.82) is 0 Å². The Hall–Kier alpha value is 0.190. The molecule has 0 aromatic rings. The number of unbranched alkanes of at least 4 members (excludes halogenated alkanes) is 9.